The van der Waals surface area contributed by atoms with Crippen molar-refractivity contribution in [3.63, 3.8) is 0 Å². The van der Waals surface area contributed by atoms with Crippen molar-refractivity contribution in [3.8, 4) is 11.5 Å². The fourth-order valence-corrected chi connectivity index (χ4v) is 2.22. The van der Waals surface area contributed by atoms with Crippen LogP contribution in [0.1, 0.15) is 5.56 Å². The third-order valence-corrected chi connectivity index (χ3v) is 3.49. The van der Waals surface area contributed by atoms with Crippen LogP contribution < -0.4 is 20.1 Å². The number of anilines is 2. The summed E-state index contributed by atoms with van der Waals surface area (Å²) >= 11 is 5.97. The van der Waals surface area contributed by atoms with Crippen LogP contribution in [-0.2, 0) is 6.18 Å². The number of hydrogen-bond donors (Lipinski definition) is 2. The van der Waals surface area contributed by atoms with Crippen molar-refractivity contribution in [2.45, 2.75) is 6.18 Å². The summed E-state index contributed by atoms with van der Waals surface area (Å²) in [6, 6.07) is 6.33. The molecule has 2 aromatic carbocycles. The van der Waals surface area contributed by atoms with E-state index in [0.29, 0.717) is 16.5 Å². The lowest BCUT2D eigenvalue weighted by atomic mass is 10.2. The second-order valence-corrected chi connectivity index (χ2v) is 5.25. The van der Waals surface area contributed by atoms with E-state index in [1.54, 1.807) is 0 Å². The van der Waals surface area contributed by atoms with E-state index in [9.17, 15) is 18.0 Å². The molecule has 0 aliphatic carbocycles. The zero-order valence-electron chi connectivity index (χ0n) is 13.2. The van der Waals surface area contributed by atoms with Crippen LogP contribution in [0, 0.1) is 0 Å². The highest BCUT2D eigenvalue weighted by molar-refractivity contribution is 6.32. The van der Waals surface area contributed by atoms with Gasteiger partial charge in [-0.3, -0.25) is 0 Å². The number of nitrogens with one attached hydrogen (secondary N) is 2. The average Bonchev–Trinajstić information content (AvgIpc) is 2.55. The molecule has 0 atom stereocenters. The molecule has 2 aromatic rings. The Morgan fingerprint density at radius 1 is 1.00 bits per heavy atom. The number of benzene rings is 2. The van der Waals surface area contributed by atoms with E-state index in [0.717, 1.165) is 24.3 Å². The van der Waals surface area contributed by atoms with E-state index in [-0.39, 0.29) is 11.4 Å². The Morgan fingerprint density at radius 2 is 1.60 bits per heavy atom. The second kappa shape index (κ2) is 7.52. The van der Waals surface area contributed by atoms with Gasteiger partial charge in [-0.1, -0.05) is 11.6 Å². The zero-order valence-corrected chi connectivity index (χ0v) is 14.0. The molecule has 0 saturated carbocycles. The Balaban J connectivity index is 2.12. The van der Waals surface area contributed by atoms with Gasteiger partial charge in [0.1, 0.15) is 11.5 Å². The van der Waals surface area contributed by atoms with Crippen molar-refractivity contribution in [2.75, 3.05) is 24.9 Å². The summed E-state index contributed by atoms with van der Waals surface area (Å²) in [7, 11) is 2.82. The maximum Gasteiger partial charge on any atom is 0.416 e. The van der Waals surface area contributed by atoms with Gasteiger partial charge in [0.25, 0.3) is 0 Å². The molecule has 0 aromatic heterocycles. The fourth-order valence-electron chi connectivity index (χ4n) is 1.99. The van der Waals surface area contributed by atoms with Gasteiger partial charge in [-0.15, -0.1) is 0 Å². The topological polar surface area (TPSA) is 59.6 Å². The first-order chi connectivity index (χ1) is 11.7. The Hall–Kier alpha value is -2.61. The molecule has 2 N–H and O–H groups in total. The molecule has 0 heterocycles. The van der Waals surface area contributed by atoms with Gasteiger partial charge in [0.05, 0.1) is 30.5 Å². The summed E-state index contributed by atoms with van der Waals surface area (Å²) in [6.45, 7) is 0. The second-order valence-electron chi connectivity index (χ2n) is 4.84. The standard InChI is InChI=1S/C16H14ClF3N2O3/c1-24-13-8-12(14(25-2)7-11(13)17)22-15(23)21-10-5-3-9(4-6-10)16(18,19)20/h3-8H,1-2H3,(H2,21,22,23). The molecule has 0 saturated heterocycles. The predicted octanol–water partition coefficient (Wildman–Crippen LogP) is 5.02. The minimum absolute atomic E-state index is 0.199. The van der Waals surface area contributed by atoms with Crippen LogP contribution in [-0.4, -0.2) is 20.3 Å². The first-order valence-electron chi connectivity index (χ1n) is 6.91. The van der Waals surface area contributed by atoms with Crippen LogP contribution in [0.4, 0.5) is 29.3 Å². The molecule has 134 valence electrons. The molecule has 0 aliphatic rings. The number of carbonyl (C=O) groups is 1. The van der Waals surface area contributed by atoms with Crippen molar-refractivity contribution in [1.82, 2.24) is 0 Å². The Labute approximate surface area is 146 Å². The number of amides is 2. The normalized spacial score (nSPS) is 11.0. The van der Waals surface area contributed by atoms with Crippen LogP contribution in [0.15, 0.2) is 36.4 Å². The Bertz CT molecular complexity index is 764. The van der Waals surface area contributed by atoms with E-state index in [2.05, 4.69) is 10.6 Å². The monoisotopic (exact) mass is 374 g/mol. The molecule has 9 heteroatoms. The molecule has 2 rings (SSSR count). The number of rotatable bonds is 4. The number of carbonyl (C=O) groups excluding carboxylic acids is 1. The predicted molar refractivity (Wildman–Crippen MR) is 88.6 cm³/mol. The Morgan fingerprint density at radius 3 is 2.12 bits per heavy atom. The molecular formula is C16H14ClF3N2O3. The highest BCUT2D eigenvalue weighted by Gasteiger charge is 2.30. The highest BCUT2D eigenvalue weighted by Crippen LogP contribution is 2.36. The molecule has 2 amide bonds. The maximum absolute atomic E-state index is 12.5. The molecule has 0 bridgehead atoms. The molecule has 0 aliphatic heterocycles. The van der Waals surface area contributed by atoms with Crippen molar-refractivity contribution >= 4 is 29.0 Å². The van der Waals surface area contributed by atoms with E-state index in [1.807, 2.05) is 0 Å². The van der Waals surface area contributed by atoms with E-state index < -0.39 is 17.8 Å². The lowest BCUT2D eigenvalue weighted by Crippen LogP contribution is -2.20. The van der Waals surface area contributed by atoms with Gasteiger partial charge in [0.2, 0.25) is 0 Å². The summed E-state index contributed by atoms with van der Waals surface area (Å²) in [5.74, 6) is 0.626. The fraction of sp³-hybridized carbons (Fsp3) is 0.188. The molecule has 0 unspecified atom stereocenters. The number of ether oxygens (including phenoxy) is 2. The summed E-state index contributed by atoms with van der Waals surface area (Å²) in [4.78, 5) is 12.0. The number of methoxy groups -OCH3 is 2. The number of alkyl halides is 3. The lowest BCUT2D eigenvalue weighted by molar-refractivity contribution is -0.137. The van der Waals surface area contributed by atoms with E-state index >= 15 is 0 Å². The number of hydrogen-bond acceptors (Lipinski definition) is 3. The molecule has 0 radical (unpaired) electrons. The summed E-state index contributed by atoms with van der Waals surface area (Å²) < 4.78 is 47.7. The van der Waals surface area contributed by atoms with Crippen molar-refractivity contribution in [3.05, 3.63) is 47.0 Å². The lowest BCUT2D eigenvalue weighted by Gasteiger charge is -2.14. The van der Waals surface area contributed by atoms with Crippen molar-refractivity contribution < 1.29 is 27.4 Å². The minimum Gasteiger partial charge on any atom is -0.495 e. The van der Waals surface area contributed by atoms with Gasteiger partial charge < -0.3 is 20.1 Å². The zero-order chi connectivity index (χ0) is 18.6. The number of urea groups is 1. The van der Waals surface area contributed by atoms with E-state index in [1.165, 1.54) is 26.4 Å². The quantitative estimate of drug-likeness (QED) is 0.790. The third kappa shape index (κ3) is 4.69. The molecule has 25 heavy (non-hydrogen) atoms. The van der Waals surface area contributed by atoms with Crippen LogP contribution >= 0.6 is 11.6 Å². The summed E-state index contributed by atoms with van der Waals surface area (Å²) in [5.41, 5.74) is -0.318. The minimum atomic E-state index is -4.44. The average molecular weight is 375 g/mol. The van der Waals surface area contributed by atoms with Crippen molar-refractivity contribution in [2.24, 2.45) is 0 Å². The highest BCUT2D eigenvalue weighted by atomic mass is 35.5. The van der Waals surface area contributed by atoms with Gasteiger partial charge >= 0.3 is 12.2 Å². The SMILES string of the molecule is COc1cc(NC(=O)Nc2ccc(C(F)(F)F)cc2)c(OC)cc1Cl. The Kier molecular flexibility index (Phi) is 5.63. The van der Waals surface area contributed by atoms with Crippen LogP contribution in [0.25, 0.3) is 0 Å². The largest absolute Gasteiger partial charge is 0.495 e. The first kappa shape index (κ1) is 18.7. The van der Waals surface area contributed by atoms with Crippen molar-refractivity contribution in [1.29, 1.82) is 0 Å². The maximum atomic E-state index is 12.5. The first-order valence-corrected chi connectivity index (χ1v) is 7.29. The van der Waals surface area contributed by atoms with Crippen LogP contribution in [0.2, 0.25) is 5.02 Å². The molecule has 0 fully saturated rings. The summed E-state index contributed by atoms with van der Waals surface area (Å²) in [6.07, 6.45) is -4.44. The smallest absolute Gasteiger partial charge is 0.416 e. The van der Waals surface area contributed by atoms with Gasteiger partial charge in [-0.25, -0.2) is 4.79 Å². The summed E-state index contributed by atoms with van der Waals surface area (Å²) in [5, 5.41) is 5.25. The van der Waals surface area contributed by atoms with Gasteiger partial charge in [0.15, 0.2) is 0 Å². The van der Waals surface area contributed by atoms with Gasteiger partial charge in [-0.05, 0) is 24.3 Å². The van der Waals surface area contributed by atoms with E-state index in [4.69, 9.17) is 21.1 Å². The molecular weight excluding hydrogens is 361 g/mol. The molecule has 0 spiro atoms. The molecule has 5 nitrogen and oxygen atoms in total. The van der Waals surface area contributed by atoms with Gasteiger partial charge in [-0.2, -0.15) is 13.2 Å². The number of halogens is 4. The van der Waals surface area contributed by atoms with Gasteiger partial charge in [0, 0.05) is 17.8 Å². The third-order valence-electron chi connectivity index (χ3n) is 3.19. The van der Waals surface area contributed by atoms with Crippen LogP contribution in [0.5, 0.6) is 11.5 Å². The van der Waals surface area contributed by atoms with Crippen LogP contribution in [0.3, 0.4) is 0 Å².